The van der Waals surface area contributed by atoms with E-state index in [1.165, 1.54) is 6.20 Å². The molecule has 0 saturated carbocycles. The van der Waals surface area contributed by atoms with Crippen LogP contribution in [0.1, 0.15) is 22.3 Å². The Hall–Kier alpha value is -2.51. The van der Waals surface area contributed by atoms with Crippen molar-refractivity contribution in [3.8, 4) is 11.3 Å². The Balaban J connectivity index is 1.52. The van der Waals surface area contributed by atoms with Crippen molar-refractivity contribution in [2.24, 2.45) is 0 Å². The molecule has 0 radical (unpaired) electrons. The summed E-state index contributed by atoms with van der Waals surface area (Å²) in [6.45, 7) is 3.40. The van der Waals surface area contributed by atoms with Crippen LogP contribution in [0.15, 0.2) is 48.1 Å². The third kappa shape index (κ3) is 4.52. The highest BCUT2D eigenvalue weighted by atomic mass is 32.1. The number of aromatic amines is 1. The summed E-state index contributed by atoms with van der Waals surface area (Å²) < 4.78 is 0. The van der Waals surface area contributed by atoms with E-state index >= 15 is 0 Å². The summed E-state index contributed by atoms with van der Waals surface area (Å²) in [5.74, 6) is -0.116. The van der Waals surface area contributed by atoms with Crippen molar-refractivity contribution >= 4 is 17.2 Å². The number of benzene rings is 1. The van der Waals surface area contributed by atoms with Gasteiger partial charge in [0.1, 0.15) is 5.01 Å². The zero-order valence-electron chi connectivity index (χ0n) is 14.3. The van der Waals surface area contributed by atoms with Gasteiger partial charge < -0.3 is 5.32 Å². The van der Waals surface area contributed by atoms with E-state index in [9.17, 15) is 4.79 Å². The molecule has 7 heteroatoms. The number of rotatable bonds is 7. The zero-order chi connectivity index (χ0) is 17.6. The molecule has 2 N–H and O–H groups in total. The minimum Gasteiger partial charge on any atom is -0.350 e. The van der Waals surface area contributed by atoms with Gasteiger partial charge in [0.15, 0.2) is 0 Å². The van der Waals surface area contributed by atoms with Crippen LogP contribution in [-0.2, 0) is 6.54 Å². The van der Waals surface area contributed by atoms with Crippen molar-refractivity contribution in [1.82, 2.24) is 25.4 Å². The second-order valence-electron chi connectivity index (χ2n) is 5.95. The van der Waals surface area contributed by atoms with Crippen LogP contribution >= 0.6 is 11.3 Å². The van der Waals surface area contributed by atoms with Crippen LogP contribution in [0, 0.1) is 0 Å². The third-order valence-corrected chi connectivity index (χ3v) is 4.91. The Labute approximate surface area is 150 Å². The molecular weight excluding hydrogens is 334 g/mol. The molecule has 2 heterocycles. The molecule has 0 aliphatic carbocycles. The van der Waals surface area contributed by atoms with Gasteiger partial charge in [-0.1, -0.05) is 30.3 Å². The normalized spacial score (nSPS) is 12.3. The van der Waals surface area contributed by atoms with Gasteiger partial charge in [-0.05, 0) is 14.0 Å². The molecule has 0 spiro atoms. The molecule has 0 bridgehead atoms. The maximum Gasteiger partial charge on any atom is 0.254 e. The van der Waals surface area contributed by atoms with Crippen LogP contribution in [0.4, 0.5) is 0 Å². The lowest BCUT2D eigenvalue weighted by Crippen LogP contribution is -2.39. The highest BCUT2D eigenvalue weighted by molar-refractivity contribution is 7.09. The van der Waals surface area contributed by atoms with Crippen LogP contribution in [0.3, 0.4) is 0 Å². The number of amides is 1. The van der Waals surface area contributed by atoms with E-state index in [0.29, 0.717) is 12.1 Å². The van der Waals surface area contributed by atoms with E-state index in [-0.39, 0.29) is 11.9 Å². The first kappa shape index (κ1) is 17.3. The number of nitrogens with one attached hydrogen (secondary N) is 2. The van der Waals surface area contributed by atoms with E-state index < -0.39 is 0 Å². The Morgan fingerprint density at radius 3 is 2.88 bits per heavy atom. The molecule has 2 aromatic heterocycles. The Morgan fingerprint density at radius 2 is 2.16 bits per heavy atom. The summed E-state index contributed by atoms with van der Waals surface area (Å²) in [5.41, 5.74) is 2.69. The lowest BCUT2D eigenvalue weighted by Gasteiger charge is -2.23. The monoisotopic (exact) mass is 355 g/mol. The van der Waals surface area contributed by atoms with E-state index in [0.717, 1.165) is 22.8 Å². The summed E-state index contributed by atoms with van der Waals surface area (Å²) in [7, 11) is 2.04. The fourth-order valence-electron chi connectivity index (χ4n) is 2.37. The molecule has 1 unspecified atom stereocenters. The lowest BCUT2D eigenvalue weighted by atomic mass is 10.2. The van der Waals surface area contributed by atoms with Gasteiger partial charge >= 0.3 is 0 Å². The molecule has 1 atom stereocenters. The van der Waals surface area contributed by atoms with Gasteiger partial charge in [-0.3, -0.25) is 14.8 Å². The summed E-state index contributed by atoms with van der Waals surface area (Å²) >= 11 is 1.66. The molecule has 25 heavy (non-hydrogen) atoms. The van der Waals surface area contributed by atoms with Crippen molar-refractivity contribution in [3.63, 3.8) is 0 Å². The molecule has 3 rings (SSSR count). The van der Waals surface area contributed by atoms with Gasteiger partial charge in [0, 0.05) is 29.7 Å². The fourth-order valence-corrected chi connectivity index (χ4v) is 3.23. The number of carbonyl (C=O) groups is 1. The van der Waals surface area contributed by atoms with Crippen molar-refractivity contribution in [2.45, 2.75) is 19.5 Å². The molecule has 0 aliphatic heterocycles. The fraction of sp³-hybridized carbons (Fsp3) is 0.278. The van der Waals surface area contributed by atoms with Gasteiger partial charge in [-0.15, -0.1) is 11.3 Å². The Morgan fingerprint density at radius 1 is 1.36 bits per heavy atom. The number of carbonyl (C=O) groups excluding carboxylic acids is 1. The number of hydrogen-bond acceptors (Lipinski definition) is 5. The topological polar surface area (TPSA) is 73.9 Å². The molecule has 0 saturated heterocycles. The predicted molar refractivity (Wildman–Crippen MR) is 99.4 cm³/mol. The van der Waals surface area contributed by atoms with E-state index in [4.69, 9.17) is 4.98 Å². The molecule has 0 fully saturated rings. The molecule has 0 aliphatic rings. The molecule has 6 nitrogen and oxygen atoms in total. The number of hydrogen-bond donors (Lipinski definition) is 2. The van der Waals surface area contributed by atoms with Gasteiger partial charge in [-0.2, -0.15) is 5.10 Å². The number of aromatic nitrogens is 3. The second-order valence-corrected chi connectivity index (χ2v) is 6.90. The maximum atomic E-state index is 12.0. The molecule has 3 aromatic rings. The van der Waals surface area contributed by atoms with Gasteiger partial charge in [0.2, 0.25) is 0 Å². The Kier molecular flexibility index (Phi) is 5.57. The van der Waals surface area contributed by atoms with Gasteiger partial charge in [0.25, 0.3) is 5.91 Å². The van der Waals surface area contributed by atoms with Crippen molar-refractivity contribution in [3.05, 3.63) is 58.7 Å². The molecule has 130 valence electrons. The van der Waals surface area contributed by atoms with E-state index in [1.807, 2.05) is 25.2 Å². The molecule has 1 aromatic carbocycles. The highest BCUT2D eigenvalue weighted by Gasteiger charge is 2.14. The van der Waals surface area contributed by atoms with Crippen LogP contribution in [-0.4, -0.2) is 45.6 Å². The average molecular weight is 355 g/mol. The standard InChI is InChI=1S/C18H21N5OS/c1-13(8-19-18(24)15-9-20-21-10-15)23(2)11-17-22-16(12-25-17)14-6-4-3-5-7-14/h3-7,9-10,12-13H,8,11H2,1-2H3,(H,19,24)(H,20,21). The second kappa shape index (κ2) is 8.04. The van der Waals surface area contributed by atoms with Crippen molar-refractivity contribution in [2.75, 3.05) is 13.6 Å². The maximum absolute atomic E-state index is 12.0. The van der Waals surface area contributed by atoms with Gasteiger partial charge in [0.05, 0.1) is 24.0 Å². The molecular formula is C18H21N5OS. The number of nitrogens with zero attached hydrogens (tertiary/aromatic N) is 3. The Bertz CT molecular complexity index is 800. The number of H-pyrrole nitrogens is 1. The first-order chi connectivity index (χ1) is 12.1. The average Bonchev–Trinajstić information content (AvgIpc) is 3.32. The summed E-state index contributed by atoms with van der Waals surface area (Å²) in [6, 6.07) is 10.4. The predicted octanol–water partition coefficient (Wildman–Crippen LogP) is 2.78. The largest absolute Gasteiger partial charge is 0.350 e. The first-order valence-corrected chi connectivity index (χ1v) is 8.98. The van der Waals surface area contributed by atoms with Crippen LogP contribution < -0.4 is 5.32 Å². The summed E-state index contributed by atoms with van der Waals surface area (Å²) in [4.78, 5) is 18.9. The van der Waals surface area contributed by atoms with Crippen molar-refractivity contribution < 1.29 is 4.79 Å². The van der Waals surface area contributed by atoms with Crippen LogP contribution in [0.25, 0.3) is 11.3 Å². The zero-order valence-corrected chi connectivity index (χ0v) is 15.1. The van der Waals surface area contributed by atoms with E-state index in [2.05, 4.69) is 44.9 Å². The number of likely N-dealkylation sites (N-methyl/N-ethyl adjacent to an activating group) is 1. The summed E-state index contributed by atoms with van der Waals surface area (Å²) in [6.07, 6.45) is 3.11. The smallest absolute Gasteiger partial charge is 0.254 e. The minimum atomic E-state index is -0.116. The number of thiazole rings is 1. The summed E-state index contributed by atoms with van der Waals surface area (Å²) in [5, 5.41) is 12.5. The SMILES string of the molecule is CC(CNC(=O)c1cn[nH]c1)N(C)Cc1nc(-c2ccccc2)cs1. The van der Waals surface area contributed by atoms with Gasteiger partial charge in [-0.25, -0.2) is 4.98 Å². The van der Waals surface area contributed by atoms with Crippen molar-refractivity contribution in [1.29, 1.82) is 0 Å². The first-order valence-electron chi connectivity index (χ1n) is 8.10. The third-order valence-electron chi connectivity index (χ3n) is 4.08. The highest BCUT2D eigenvalue weighted by Crippen LogP contribution is 2.22. The quantitative estimate of drug-likeness (QED) is 0.683. The van der Waals surface area contributed by atoms with E-state index in [1.54, 1.807) is 17.5 Å². The van der Waals surface area contributed by atoms with Crippen LogP contribution in [0.2, 0.25) is 0 Å². The lowest BCUT2D eigenvalue weighted by molar-refractivity contribution is 0.0940. The van der Waals surface area contributed by atoms with Crippen LogP contribution in [0.5, 0.6) is 0 Å². The minimum absolute atomic E-state index is 0.116. The molecule has 1 amide bonds.